The van der Waals surface area contributed by atoms with Gasteiger partial charge in [0.15, 0.2) is 6.23 Å². The van der Waals surface area contributed by atoms with Gasteiger partial charge in [-0.3, -0.25) is 19.3 Å². The van der Waals surface area contributed by atoms with Gasteiger partial charge < -0.3 is 19.7 Å². The zero-order chi connectivity index (χ0) is 17.5. The summed E-state index contributed by atoms with van der Waals surface area (Å²) < 4.78 is 9.61. The van der Waals surface area contributed by atoms with Crippen molar-refractivity contribution in [3.05, 3.63) is 24.3 Å². The van der Waals surface area contributed by atoms with Gasteiger partial charge in [-0.1, -0.05) is 0 Å². The molecule has 0 bridgehead atoms. The van der Waals surface area contributed by atoms with Crippen LogP contribution < -0.4 is 15.1 Å². The van der Waals surface area contributed by atoms with Gasteiger partial charge in [-0.2, -0.15) is 0 Å². The van der Waals surface area contributed by atoms with Crippen molar-refractivity contribution in [2.24, 2.45) is 0 Å². The van der Waals surface area contributed by atoms with E-state index in [9.17, 15) is 19.2 Å². The molecule has 9 nitrogen and oxygen atoms in total. The molecule has 1 saturated heterocycles. The van der Waals surface area contributed by atoms with E-state index in [-0.39, 0.29) is 25.6 Å². The van der Waals surface area contributed by atoms with Crippen molar-refractivity contribution < 1.29 is 28.7 Å². The van der Waals surface area contributed by atoms with Crippen LogP contribution in [0.1, 0.15) is 6.92 Å². The molecule has 0 unspecified atom stereocenters. The van der Waals surface area contributed by atoms with E-state index in [0.29, 0.717) is 24.3 Å². The number of ether oxygens (including phenoxy) is 2. The van der Waals surface area contributed by atoms with Crippen molar-refractivity contribution in [1.82, 2.24) is 5.32 Å². The molecule has 3 amide bonds. The fourth-order valence-corrected chi connectivity index (χ4v) is 2.24. The maximum atomic E-state index is 11.9. The Hall–Kier alpha value is -3.10. The second-order valence-electron chi connectivity index (χ2n) is 4.97. The number of rotatable bonds is 8. The molecule has 1 heterocycles. The lowest BCUT2D eigenvalue weighted by atomic mass is 10.2. The second kappa shape index (κ2) is 7.95. The molecule has 128 valence electrons. The smallest absolute Gasteiger partial charge is 0.416 e. The summed E-state index contributed by atoms with van der Waals surface area (Å²) in [7, 11) is 0. The third-order valence-electron chi connectivity index (χ3n) is 3.31. The van der Waals surface area contributed by atoms with E-state index in [1.54, 1.807) is 24.3 Å². The van der Waals surface area contributed by atoms with Gasteiger partial charge in [0, 0.05) is 18.3 Å². The number of anilines is 2. The Morgan fingerprint density at radius 3 is 2.71 bits per heavy atom. The summed E-state index contributed by atoms with van der Waals surface area (Å²) in [6.45, 7) is 2.16. The Morgan fingerprint density at radius 2 is 2.12 bits per heavy atom. The number of carbonyl (C=O) groups excluding carboxylic acids is 4. The summed E-state index contributed by atoms with van der Waals surface area (Å²) in [5.41, 5.74) is 1.17. The van der Waals surface area contributed by atoms with E-state index in [2.05, 4.69) is 10.1 Å². The van der Waals surface area contributed by atoms with E-state index < -0.39 is 12.3 Å². The van der Waals surface area contributed by atoms with Crippen LogP contribution in [0.5, 0.6) is 0 Å². The van der Waals surface area contributed by atoms with Crippen LogP contribution in [0.25, 0.3) is 0 Å². The Kier molecular flexibility index (Phi) is 5.72. The third kappa shape index (κ3) is 4.22. The van der Waals surface area contributed by atoms with Gasteiger partial charge in [-0.15, -0.1) is 0 Å². The number of hydrogen-bond acceptors (Lipinski definition) is 6. The van der Waals surface area contributed by atoms with Crippen LogP contribution in [0.3, 0.4) is 0 Å². The Bertz CT molecular complexity index is 618. The second-order valence-corrected chi connectivity index (χ2v) is 4.97. The summed E-state index contributed by atoms with van der Waals surface area (Å²) in [6.07, 6.45) is -0.630. The summed E-state index contributed by atoms with van der Waals surface area (Å²) in [5.74, 6) is -0.288. The van der Waals surface area contributed by atoms with Gasteiger partial charge in [-0.25, -0.2) is 4.79 Å². The van der Waals surface area contributed by atoms with Crippen molar-refractivity contribution >= 4 is 36.3 Å². The van der Waals surface area contributed by atoms with E-state index >= 15 is 0 Å². The standard InChI is InChI=1S/C15H17N3O6/c1-11(21)16-14-8-18(15(22)24-14)13-4-2-12(3-5-13)17(9-19)6-7-23-10-20/h2-5,9-10,14H,6-8H2,1H3,(H,16,21)/t14-/m1/s1. The maximum absolute atomic E-state index is 11.9. The van der Waals surface area contributed by atoms with Crippen LogP contribution in [0, 0.1) is 0 Å². The Labute approximate surface area is 138 Å². The molecular weight excluding hydrogens is 318 g/mol. The first-order valence-electron chi connectivity index (χ1n) is 7.17. The molecule has 1 atom stereocenters. The quantitative estimate of drug-likeness (QED) is 0.539. The van der Waals surface area contributed by atoms with Gasteiger partial charge in [-0.05, 0) is 24.3 Å². The van der Waals surface area contributed by atoms with Crippen LogP contribution in [-0.4, -0.2) is 50.8 Å². The monoisotopic (exact) mass is 335 g/mol. The number of cyclic esters (lactones) is 1. The van der Waals surface area contributed by atoms with Crippen molar-refractivity contribution in [2.75, 3.05) is 29.5 Å². The minimum Gasteiger partial charge on any atom is -0.466 e. The van der Waals surface area contributed by atoms with Crippen LogP contribution >= 0.6 is 0 Å². The molecule has 0 radical (unpaired) electrons. The van der Waals surface area contributed by atoms with E-state index in [0.717, 1.165) is 0 Å². The lowest BCUT2D eigenvalue weighted by Gasteiger charge is -2.18. The number of carbonyl (C=O) groups is 4. The molecular formula is C15H17N3O6. The van der Waals surface area contributed by atoms with Gasteiger partial charge in [0.1, 0.15) is 6.61 Å². The highest BCUT2D eigenvalue weighted by Gasteiger charge is 2.32. The molecule has 1 aliphatic rings. The van der Waals surface area contributed by atoms with E-state index in [1.165, 1.54) is 16.7 Å². The molecule has 0 spiro atoms. The number of hydrogen-bond donors (Lipinski definition) is 1. The Morgan fingerprint density at radius 1 is 1.42 bits per heavy atom. The fourth-order valence-electron chi connectivity index (χ4n) is 2.24. The maximum Gasteiger partial charge on any atom is 0.416 e. The first-order valence-corrected chi connectivity index (χ1v) is 7.17. The normalized spacial score (nSPS) is 16.3. The number of nitrogens with zero attached hydrogens (tertiary/aromatic N) is 2. The average Bonchev–Trinajstić information content (AvgIpc) is 2.91. The van der Waals surface area contributed by atoms with Crippen LogP contribution in [0.2, 0.25) is 0 Å². The zero-order valence-corrected chi connectivity index (χ0v) is 13.0. The first kappa shape index (κ1) is 17.3. The van der Waals surface area contributed by atoms with E-state index in [4.69, 9.17) is 4.74 Å². The molecule has 1 N–H and O–H groups in total. The Balaban J connectivity index is 2.03. The molecule has 1 aromatic carbocycles. The predicted molar refractivity (Wildman–Crippen MR) is 83.3 cm³/mol. The SMILES string of the molecule is CC(=O)N[C@H]1CN(c2ccc(N(C=O)CCOC=O)cc2)C(=O)O1. The highest BCUT2D eigenvalue weighted by Crippen LogP contribution is 2.24. The molecule has 24 heavy (non-hydrogen) atoms. The highest BCUT2D eigenvalue weighted by atomic mass is 16.6. The number of amides is 3. The number of benzene rings is 1. The van der Waals surface area contributed by atoms with Gasteiger partial charge in [0.2, 0.25) is 12.3 Å². The lowest BCUT2D eigenvalue weighted by Crippen LogP contribution is -2.36. The number of nitrogens with one attached hydrogen (secondary N) is 1. The zero-order valence-electron chi connectivity index (χ0n) is 13.0. The third-order valence-corrected chi connectivity index (χ3v) is 3.31. The minimum atomic E-state index is -0.693. The molecule has 0 aromatic heterocycles. The average molecular weight is 335 g/mol. The summed E-state index contributed by atoms with van der Waals surface area (Å²) >= 11 is 0. The lowest BCUT2D eigenvalue weighted by molar-refractivity contribution is -0.128. The molecule has 0 saturated carbocycles. The largest absolute Gasteiger partial charge is 0.466 e. The topological polar surface area (TPSA) is 105 Å². The molecule has 9 heteroatoms. The molecule has 1 aliphatic heterocycles. The van der Waals surface area contributed by atoms with Crippen LogP contribution in [-0.2, 0) is 23.9 Å². The molecule has 1 fully saturated rings. The van der Waals surface area contributed by atoms with E-state index in [1.807, 2.05) is 0 Å². The summed E-state index contributed by atoms with van der Waals surface area (Å²) in [5, 5.41) is 2.52. The van der Waals surface area contributed by atoms with Gasteiger partial charge in [0.25, 0.3) is 6.47 Å². The molecule has 1 aromatic rings. The molecule has 2 rings (SSSR count). The first-order chi connectivity index (χ1) is 11.5. The minimum absolute atomic E-state index is 0.0842. The fraction of sp³-hybridized carbons (Fsp3) is 0.333. The van der Waals surface area contributed by atoms with Crippen LogP contribution in [0.15, 0.2) is 24.3 Å². The van der Waals surface area contributed by atoms with Crippen molar-refractivity contribution in [2.45, 2.75) is 13.2 Å². The predicted octanol–water partition coefficient (Wildman–Crippen LogP) is 0.241. The summed E-state index contributed by atoms with van der Waals surface area (Å²) in [6, 6.07) is 6.63. The van der Waals surface area contributed by atoms with Gasteiger partial charge >= 0.3 is 6.09 Å². The van der Waals surface area contributed by atoms with Gasteiger partial charge in [0.05, 0.1) is 13.1 Å². The van der Waals surface area contributed by atoms with Crippen molar-refractivity contribution in [3.63, 3.8) is 0 Å². The van der Waals surface area contributed by atoms with Crippen molar-refractivity contribution in [3.8, 4) is 0 Å². The molecule has 0 aliphatic carbocycles. The van der Waals surface area contributed by atoms with Crippen molar-refractivity contribution in [1.29, 1.82) is 0 Å². The summed E-state index contributed by atoms with van der Waals surface area (Å²) in [4.78, 5) is 46.8. The van der Waals surface area contributed by atoms with Crippen LogP contribution in [0.4, 0.5) is 16.2 Å². The highest BCUT2D eigenvalue weighted by molar-refractivity contribution is 5.90.